The van der Waals surface area contributed by atoms with Crippen LogP contribution in [0.2, 0.25) is 0 Å². The van der Waals surface area contributed by atoms with Crippen LogP contribution >= 0.6 is 0 Å². The molecule has 1 aliphatic carbocycles. The Morgan fingerprint density at radius 1 is 0.886 bits per heavy atom. The number of fused-ring (bicyclic) bond motifs is 2. The molecule has 2 aliphatic heterocycles. The molecule has 0 spiro atoms. The van der Waals surface area contributed by atoms with Crippen molar-refractivity contribution in [2.24, 2.45) is 16.7 Å². The second-order valence-corrected chi connectivity index (χ2v) is 16.1. The minimum absolute atomic E-state index is 0.00897. The van der Waals surface area contributed by atoms with Crippen LogP contribution in [0, 0.1) is 16.7 Å². The number of aliphatic hydroxyl groups is 1. The molecular formula is C36H46N2O5S. The van der Waals surface area contributed by atoms with Gasteiger partial charge in [0.1, 0.15) is 0 Å². The summed E-state index contributed by atoms with van der Waals surface area (Å²) in [7, 11) is -3.59. The topological polar surface area (TPSA) is 88.1 Å². The van der Waals surface area contributed by atoms with Gasteiger partial charge in [0.15, 0.2) is 6.29 Å². The number of likely N-dealkylation sites (tertiary alicyclic amines) is 1. The first-order valence-electron chi connectivity index (χ1n) is 15.8. The SMILES string of the molecule is C[C@@H]1[C@H](CN2CC3(C)CC2CC(C)(C)C3)O[C@H](c2ccc(CNS(=O)(=O)c3ccccc3)cc2)O[C@@H]1c1ccc(CO)cc1. The second-order valence-electron chi connectivity index (χ2n) is 14.3. The van der Waals surface area contributed by atoms with Gasteiger partial charge in [0.05, 0.1) is 23.7 Å². The first-order valence-corrected chi connectivity index (χ1v) is 17.3. The fourth-order valence-corrected chi connectivity index (χ4v) is 9.04. The lowest BCUT2D eigenvalue weighted by molar-refractivity contribution is -0.276. The van der Waals surface area contributed by atoms with Gasteiger partial charge in [-0.25, -0.2) is 13.1 Å². The minimum atomic E-state index is -3.59. The number of benzene rings is 3. The molecule has 2 heterocycles. The third-order valence-corrected chi connectivity index (χ3v) is 11.2. The fourth-order valence-electron chi connectivity index (χ4n) is 8.00. The van der Waals surface area contributed by atoms with Gasteiger partial charge in [0, 0.05) is 37.2 Å². The van der Waals surface area contributed by atoms with Gasteiger partial charge < -0.3 is 14.6 Å². The van der Waals surface area contributed by atoms with Crippen molar-refractivity contribution in [3.63, 3.8) is 0 Å². The van der Waals surface area contributed by atoms with Crippen molar-refractivity contribution in [3.8, 4) is 0 Å². The maximum atomic E-state index is 12.7. The molecule has 2 bridgehead atoms. The largest absolute Gasteiger partial charge is 0.392 e. The summed E-state index contributed by atoms with van der Waals surface area (Å²) >= 11 is 0. The van der Waals surface area contributed by atoms with E-state index < -0.39 is 16.3 Å². The van der Waals surface area contributed by atoms with Gasteiger partial charge in [-0.3, -0.25) is 4.90 Å². The number of hydrogen-bond acceptors (Lipinski definition) is 6. The number of sulfonamides is 1. The highest BCUT2D eigenvalue weighted by molar-refractivity contribution is 7.89. The molecule has 2 saturated heterocycles. The predicted octanol–water partition coefficient (Wildman–Crippen LogP) is 6.35. The fraction of sp³-hybridized carbons (Fsp3) is 0.500. The summed E-state index contributed by atoms with van der Waals surface area (Å²) in [6, 6.07) is 24.8. The van der Waals surface area contributed by atoms with Crippen molar-refractivity contribution in [2.45, 2.75) is 89.5 Å². The van der Waals surface area contributed by atoms with E-state index in [-0.39, 0.29) is 36.2 Å². The molecule has 6 rings (SSSR count). The van der Waals surface area contributed by atoms with Gasteiger partial charge in [0.25, 0.3) is 0 Å². The Morgan fingerprint density at radius 2 is 1.55 bits per heavy atom. The Kier molecular flexibility index (Phi) is 8.78. The van der Waals surface area contributed by atoms with Gasteiger partial charge in [0.2, 0.25) is 10.0 Å². The quantitative estimate of drug-likeness (QED) is 0.291. The summed E-state index contributed by atoms with van der Waals surface area (Å²) in [4.78, 5) is 2.92. The molecule has 44 heavy (non-hydrogen) atoms. The summed E-state index contributed by atoms with van der Waals surface area (Å²) in [5.74, 6) is 0.124. The maximum absolute atomic E-state index is 12.7. The molecule has 6 atom stereocenters. The molecule has 8 heteroatoms. The molecule has 0 amide bonds. The third kappa shape index (κ3) is 6.81. The lowest BCUT2D eigenvalue weighted by atomic mass is 9.65. The monoisotopic (exact) mass is 618 g/mol. The highest BCUT2D eigenvalue weighted by Gasteiger charge is 2.51. The smallest absolute Gasteiger partial charge is 0.240 e. The first-order chi connectivity index (χ1) is 20.9. The summed E-state index contributed by atoms with van der Waals surface area (Å²) in [5.41, 5.74) is 4.41. The zero-order chi connectivity index (χ0) is 31.1. The Hall–Kier alpha value is -2.59. The molecule has 0 aromatic heterocycles. The van der Waals surface area contributed by atoms with Gasteiger partial charge >= 0.3 is 0 Å². The molecule has 0 radical (unpaired) electrons. The van der Waals surface area contributed by atoms with Gasteiger partial charge in [-0.05, 0) is 58.9 Å². The summed E-state index contributed by atoms with van der Waals surface area (Å²) in [6.45, 7) is 11.7. The molecule has 7 nitrogen and oxygen atoms in total. The Balaban J connectivity index is 1.20. The Morgan fingerprint density at radius 3 is 2.23 bits per heavy atom. The molecular weight excluding hydrogens is 572 g/mol. The third-order valence-electron chi connectivity index (χ3n) is 9.83. The molecule has 3 aromatic carbocycles. The van der Waals surface area contributed by atoms with E-state index in [1.54, 1.807) is 30.3 Å². The van der Waals surface area contributed by atoms with Crippen LogP contribution in [-0.4, -0.2) is 43.7 Å². The highest BCUT2D eigenvalue weighted by atomic mass is 32.2. The van der Waals surface area contributed by atoms with Gasteiger partial charge in [-0.1, -0.05) is 94.4 Å². The van der Waals surface area contributed by atoms with Crippen molar-refractivity contribution in [1.29, 1.82) is 0 Å². The number of aliphatic hydroxyl groups excluding tert-OH is 1. The molecule has 2 N–H and O–H groups in total. The number of rotatable bonds is 9. The molecule has 1 saturated carbocycles. The van der Waals surface area contributed by atoms with E-state index in [4.69, 9.17) is 9.47 Å². The van der Waals surface area contributed by atoms with Crippen LogP contribution in [0.15, 0.2) is 83.8 Å². The molecule has 3 fully saturated rings. The average Bonchev–Trinajstić information content (AvgIpc) is 3.25. The number of nitrogens with zero attached hydrogens (tertiary/aromatic N) is 1. The lowest BCUT2D eigenvalue weighted by Crippen LogP contribution is -2.46. The van der Waals surface area contributed by atoms with E-state index in [0.29, 0.717) is 16.9 Å². The van der Waals surface area contributed by atoms with Crippen molar-refractivity contribution in [1.82, 2.24) is 9.62 Å². The van der Waals surface area contributed by atoms with Crippen LogP contribution in [0.4, 0.5) is 0 Å². The maximum Gasteiger partial charge on any atom is 0.240 e. The van der Waals surface area contributed by atoms with Crippen LogP contribution in [0.25, 0.3) is 0 Å². The summed E-state index contributed by atoms with van der Waals surface area (Å²) in [6.07, 6.45) is 2.97. The number of ether oxygens (including phenoxy) is 2. The van der Waals surface area contributed by atoms with Gasteiger partial charge in [-0.2, -0.15) is 0 Å². The molecule has 3 aliphatic rings. The van der Waals surface area contributed by atoms with Crippen molar-refractivity contribution >= 4 is 10.0 Å². The second kappa shape index (κ2) is 12.3. The molecule has 2 unspecified atom stereocenters. The molecule has 236 valence electrons. The van der Waals surface area contributed by atoms with Crippen molar-refractivity contribution < 1.29 is 23.0 Å². The van der Waals surface area contributed by atoms with Crippen LogP contribution < -0.4 is 4.72 Å². The van der Waals surface area contributed by atoms with Gasteiger partial charge in [-0.15, -0.1) is 0 Å². The van der Waals surface area contributed by atoms with Crippen LogP contribution in [0.5, 0.6) is 0 Å². The standard InChI is InChI=1S/C36H46N2O5S/c1-25-32(21-38-24-36(4)19-30(38)18-35(2,3)23-36)42-34(43-33(25)28-14-12-27(22-39)13-15-28)29-16-10-26(11-17-29)20-37-44(40,41)31-8-6-5-7-9-31/h5-17,25,30,32-34,37,39H,18-24H2,1-4H3/t25-,30?,32+,33+,34+,36?/m1/s1. The van der Waals surface area contributed by atoms with E-state index in [2.05, 4.69) is 49.4 Å². The summed E-state index contributed by atoms with van der Waals surface area (Å²) < 4.78 is 41.5. The lowest BCUT2D eigenvalue weighted by Gasteiger charge is -2.43. The first kappa shape index (κ1) is 31.4. The summed E-state index contributed by atoms with van der Waals surface area (Å²) in [5, 5.41) is 9.58. The minimum Gasteiger partial charge on any atom is -0.392 e. The van der Waals surface area contributed by atoms with E-state index in [9.17, 15) is 13.5 Å². The zero-order valence-corrected chi connectivity index (χ0v) is 27.1. The van der Waals surface area contributed by atoms with E-state index in [1.165, 1.54) is 19.3 Å². The zero-order valence-electron chi connectivity index (χ0n) is 26.3. The van der Waals surface area contributed by atoms with E-state index >= 15 is 0 Å². The van der Waals surface area contributed by atoms with E-state index in [1.807, 2.05) is 36.4 Å². The van der Waals surface area contributed by atoms with Crippen molar-refractivity contribution in [3.05, 3.63) is 101 Å². The normalized spacial score (nSPS) is 30.3. The van der Waals surface area contributed by atoms with Crippen LogP contribution in [0.1, 0.15) is 81.6 Å². The Bertz CT molecular complexity index is 1530. The van der Waals surface area contributed by atoms with Crippen LogP contribution in [-0.2, 0) is 32.6 Å². The van der Waals surface area contributed by atoms with Crippen molar-refractivity contribution in [2.75, 3.05) is 13.1 Å². The number of hydrogen-bond donors (Lipinski definition) is 2. The predicted molar refractivity (Wildman–Crippen MR) is 171 cm³/mol. The Labute approximate surface area is 262 Å². The van der Waals surface area contributed by atoms with E-state index in [0.717, 1.165) is 35.3 Å². The highest BCUT2D eigenvalue weighted by Crippen LogP contribution is 2.53. The molecule has 3 aromatic rings. The average molecular weight is 619 g/mol. The van der Waals surface area contributed by atoms with Crippen LogP contribution in [0.3, 0.4) is 0 Å². The number of nitrogens with one attached hydrogen (secondary N) is 1.